The van der Waals surface area contributed by atoms with Crippen molar-refractivity contribution in [2.45, 2.75) is 31.3 Å². The van der Waals surface area contributed by atoms with E-state index in [0.717, 1.165) is 4.90 Å². The number of hydrogen-bond acceptors (Lipinski definition) is 3. The molecule has 1 N–H and O–H groups in total. The lowest BCUT2D eigenvalue weighted by Gasteiger charge is -2.29. The van der Waals surface area contributed by atoms with E-state index in [1.165, 1.54) is 16.7 Å². The lowest BCUT2D eigenvalue weighted by molar-refractivity contribution is -0.138. The number of amides is 2. The summed E-state index contributed by atoms with van der Waals surface area (Å²) in [7, 11) is 0. The third-order valence-electron chi connectivity index (χ3n) is 4.01. The van der Waals surface area contributed by atoms with Gasteiger partial charge in [0, 0.05) is 33.6 Å². The Kier molecular flexibility index (Phi) is 8.48. The third-order valence-corrected chi connectivity index (χ3v) is 5.72. The molecule has 1 atom stereocenters. The molecule has 0 fully saturated rings. The Balaban J connectivity index is 2.20. The predicted molar refractivity (Wildman–Crippen MR) is 112 cm³/mol. The molecule has 0 aliphatic rings. The highest BCUT2D eigenvalue weighted by Gasteiger charge is 2.27. The molecule has 0 bridgehead atoms. The number of nitrogens with zero attached hydrogens (tertiary/aromatic N) is 1. The minimum absolute atomic E-state index is 0.154. The first-order valence-corrected chi connectivity index (χ1v) is 10.4. The standard InChI is InChI=1S/C20H22Cl2N2O2S/c1-3-23-20(26)14(2)24(12-16-17(21)10-7-11-18(16)22)19(25)13-27-15-8-5-4-6-9-15/h4-11,14H,3,12-13H2,1-2H3,(H,23,26)/t14-/m1/s1. The van der Waals surface area contributed by atoms with E-state index in [-0.39, 0.29) is 24.1 Å². The van der Waals surface area contributed by atoms with Gasteiger partial charge in [-0.25, -0.2) is 0 Å². The van der Waals surface area contributed by atoms with Crippen molar-refractivity contribution < 1.29 is 9.59 Å². The van der Waals surface area contributed by atoms with Crippen molar-refractivity contribution >= 4 is 46.8 Å². The van der Waals surface area contributed by atoms with Crippen LogP contribution in [0.5, 0.6) is 0 Å². The first-order chi connectivity index (χ1) is 12.9. The van der Waals surface area contributed by atoms with Crippen molar-refractivity contribution in [3.63, 3.8) is 0 Å². The lowest BCUT2D eigenvalue weighted by Crippen LogP contribution is -2.48. The highest BCUT2D eigenvalue weighted by atomic mass is 35.5. The van der Waals surface area contributed by atoms with Crippen LogP contribution in [0, 0.1) is 0 Å². The molecule has 144 valence electrons. The van der Waals surface area contributed by atoms with Crippen LogP contribution in [0.2, 0.25) is 10.0 Å². The molecule has 0 aromatic heterocycles. The minimum atomic E-state index is -0.638. The van der Waals surface area contributed by atoms with E-state index >= 15 is 0 Å². The zero-order valence-electron chi connectivity index (χ0n) is 15.2. The average Bonchev–Trinajstić information content (AvgIpc) is 2.66. The molecule has 2 amide bonds. The van der Waals surface area contributed by atoms with Gasteiger partial charge >= 0.3 is 0 Å². The summed E-state index contributed by atoms with van der Waals surface area (Å²) < 4.78 is 0. The third kappa shape index (κ3) is 6.16. The maximum atomic E-state index is 12.9. The lowest BCUT2D eigenvalue weighted by atomic mass is 10.1. The van der Waals surface area contributed by atoms with Gasteiger partial charge in [0.2, 0.25) is 11.8 Å². The van der Waals surface area contributed by atoms with Gasteiger partial charge in [-0.1, -0.05) is 47.5 Å². The predicted octanol–water partition coefficient (Wildman–Crippen LogP) is 4.64. The maximum absolute atomic E-state index is 12.9. The average molecular weight is 425 g/mol. The fraction of sp³-hybridized carbons (Fsp3) is 0.300. The summed E-state index contributed by atoms with van der Waals surface area (Å²) in [6.07, 6.45) is 0. The summed E-state index contributed by atoms with van der Waals surface area (Å²) in [5.41, 5.74) is 0.634. The fourth-order valence-electron chi connectivity index (χ4n) is 2.50. The summed E-state index contributed by atoms with van der Waals surface area (Å²) in [6, 6.07) is 14.2. The van der Waals surface area contributed by atoms with Crippen LogP contribution in [0.1, 0.15) is 19.4 Å². The van der Waals surface area contributed by atoms with Crippen molar-refractivity contribution in [1.82, 2.24) is 10.2 Å². The molecular formula is C20H22Cl2N2O2S. The molecule has 0 unspecified atom stereocenters. The van der Waals surface area contributed by atoms with Crippen molar-refractivity contribution in [3.8, 4) is 0 Å². The molecule has 0 saturated heterocycles. The smallest absolute Gasteiger partial charge is 0.242 e. The number of thioether (sulfide) groups is 1. The van der Waals surface area contributed by atoms with Crippen molar-refractivity contribution in [1.29, 1.82) is 0 Å². The van der Waals surface area contributed by atoms with Crippen molar-refractivity contribution in [3.05, 3.63) is 64.1 Å². The second-order valence-electron chi connectivity index (χ2n) is 5.89. The van der Waals surface area contributed by atoms with Crippen LogP contribution in [0.4, 0.5) is 0 Å². The van der Waals surface area contributed by atoms with Gasteiger partial charge in [-0.05, 0) is 38.1 Å². The second kappa shape index (κ2) is 10.6. The zero-order valence-corrected chi connectivity index (χ0v) is 17.6. The molecule has 0 heterocycles. The van der Waals surface area contributed by atoms with Crippen LogP contribution in [0.3, 0.4) is 0 Å². The minimum Gasteiger partial charge on any atom is -0.355 e. The molecular weight excluding hydrogens is 403 g/mol. The topological polar surface area (TPSA) is 49.4 Å². The summed E-state index contributed by atoms with van der Waals surface area (Å²) >= 11 is 14.0. The molecule has 2 rings (SSSR count). The quantitative estimate of drug-likeness (QED) is 0.627. The number of rotatable bonds is 8. The van der Waals surface area contributed by atoms with Gasteiger partial charge in [0.1, 0.15) is 6.04 Å². The number of nitrogens with one attached hydrogen (secondary N) is 1. The van der Waals surface area contributed by atoms with Gasteiger partial charge in [0.15, 0.2) is 0 Å². The van der Waals surface area contributed by atoms with E-state index in [4.69, 9.17) is 23.2 Å². The van der Waals surface area contributed by atoms with E-state index in [9.17, 15) is 9.59 Å². The maximum Gasteiger partial charge on any atom is 0.242 e. The Hall–Kier alpha value is -1.69. The van der Waals surface area contributed by atoms with Crippen molar-refractivity contribution in [2.24, 2.45) is 0 Å². The van der Waals surface area contributed by atoms with E-state index in [1.807, 2.05) is 37.3 Å². The van der Waals surface area contributed by atoms with Crippen LogP contribution in [0.25, 0.3) is 0 Å². The molecule has 27 heavy (non-hydrogen) atoms. The first-order valence-electron chi connectivity index (χ1n) is 8.62. The number of likely N-dealkylation sites (N-methyl/N-ethyl adjacent to an activating group) is 1. The Bertz CT molecular complexity index is 767. The van der Waals surface area contributed by atoms with Crippen LogP contribution in [0.15, 0.2) is 53.4 Å². The van der Waals surface area contributed by atoms with Gasteiger partial charge < -0.3 is 10.2 Å². The first kappa shape index (κ1) is 21.6. The van der Waals surface area contributed by atoms with Crippen LogP contribution < -0.4 is 5.32 Å². The number of carbonyl (C=O) groups excluding carboxylic acids is 2. The Labute approximate surface area is 174 Å². The highest BCUT2D eigenvalue weighted by Crippen LogP contribution is 2.27. The molecule has 0 saturated carbocycles. The summed E-state index contributed by atoms with van der Waals surface area (Å²) in [4.78, 5) is 27.8. The molecule has 0 radical (unpaired) electrons. The van der Waals surface area contributed by atoms with Crippen LogP contribution >= 0.6 is 35.0 Å². The Morgan fingerprint density at radius 1 is 1.07 bits per heavy atom. The van der Waals surface area contributed by atoms with Gasteiger partial charge in [-0.15, -0.1) is 11.8 Å². The molecule has 4 nitrogen and oxygen atoms in total. The van der Waals surface area contributed by atoms with Gasteiger partial charge in [0.25, 0.3) is 0 Å². The van der Waals surface area contributed by atoms with Crippen molar-refractivity contribution in [2.75, 3.05) is 12.3 Å². The molecule has 2 aromatic carbocycles. The number of halogens is 2. The molecule has 0 spiro atoms. The van der Waals surface area contributed by atoms with Gasteiger partial charge in [-0.3, -0.25) is 9.59 Å². The van der Waals surface area contributed by atoms with E-state index in [1.54, 1.807) is 25.1 Å². The van der Waals surface area contributed by atoms with E-state index < -0.39 is 6.04 Å². The summed E-state index contributed by atoms with van der Waals surface area (Å²) in [5, 5.41) is 3.71. The largest absolute Gasteiger partial charge is 0.355 e. The molecule has 7 heteroatoms. The number of hydrogen-bond donors (Lipinski definition) is 1. The molecule has 0 aliphatic carbocycles. The zero-order chi connectivity index (χ0) is 19.8. The second-order valence-corrected chi connectivity index (χ2v) is 7.76. The molecule has 0 aliphatic heterocycles. The number of carbonyl (C=O) groups is 2. The summed E-state index contributed by atoms with van der Waals surface area (Å²) in [5.74, 6) is -0.145. The van der Waals surface area contributed by atoms with Gasteiger partial charge in [-0.2, -0.15) is 0 Å². The highest BCUT2D eigenvalue weighted by molar-refractivity contribution is 8.00. The SMILES string of the molecule is CCNC(=O)[C@@H](C)N(Cc1c(Cl)cccc1Cl)C(=O)CSc1ccccc1. The normalized spacial score (nSPS) is 11.7. The van der Waals surface area contributed by atoms with E-state index in [0.29, 0.717) is 22.2 Å². The van der Waals surface area contributed by atoms with E-state index in [2.05, 4.69) is 5.32 Å². The van der Waals surface area contributed by atoms with Crippen LogP contribution in [-0.4, -0.2) is 35.1 Å². The Morgan fingerprint density at radius 2 is 1.70 bits per heavy atom. The fourth-order valence-corrected chi connectivity index (χ4v) is 3.83. The van der Waals surface area contributed by atoms with Gasteiger partial charge in [0.05, 0.1) is 5.75 Å². The summed E-state index contributed by atoms with van der Waals surface area (Å²) in [6.45, 7) is 4.22. The monoisotopic (exact) mass is 424 g/mol. The van der Waals surface area contributed by atoms with Crippen LogP contribution in [-0.2, 0) is 16.1 Å². The Morgan fingerprint density at radius 3 is 2.30 bits per heavy atom. The number of benzene rings is 2. The molecule has 2 aromatic rings.